The lowest BCUT2D eigenvalue weighted by molar-refractivity contribution is 0.102. The Kier molecular flexibility index (Phi) is 5.01. The highest BCUT2D eigenvalue weighted by Gasteiger charge is 2.20. The lowest BCUT2D eigenvalue weighted by atomic mass is 10.2. The number of carbonyl (C=O) groups excluding carboxylic acids is 1. The Labute approximate surface area is 152 Å². The van der Waals surface area contributed by atoms with Crippen LogP contribution in [0.15, 0.2) is 61.7 Å². The van der Waals surface area contributed by atoms with Crippen molar-refractivity contribution in [3.8, 4) is 0 Å². The first kappa shape index (κ1) is 16.7. The molecule has 3 heterocycles. The molecule has 3 rings (SSSR count). The molecule has 1 amide bonds. The molecule has 0 aliphatic carbocycles. The fraction of sp³-hybridized carbons (Fsp3) is 0.118. The summed E-state index contributed by atoms with van der Waals surface area (Å²) in [5.41, 5.74) is 1.17. The highest BCUT2D eigenvalue weighted by molar-refractivity contribution is 9.10. The average Bonchev–Trinajstić information content (AvgIpc) is 2.81. The van der Waals surface area contributed by atoms with E-state index in [0.717, 1.165) is 10.1 Å². The first-order valence-electron chi connectivity index (χ1n) is 7.16. The quantitative estimate of drug-likeness (QED) is 0.673. The van der Waals surface area contributed by atoms with E-state index in [0.29, 0.717) is 27.2 Å². The van der Waals surface area contributed by atoms with Crippen molar-refractivity contribution in [2.24, 2.45) is 0 Å². The van der Waals surface area contributed by atoms with Gasteiger partial charge in [-0.25, -0.2) is 9.97 Å². The summed E-state index contributed by atoms with van der Waals surface area (Å²) in [7, 11) is 0. The molecule has 7 heteroatoms. The molecule has 1 N–H and O–H groups in total. The Balaban J connectivity index is 1.78. The van der Waals surface area contributed by atoms with Gasteiger partial charge in [0.2, 0.25) is 0 Å². The summed E-state index contributed by atoms with van der Waals surface area (Å²) in [6.45, 7) is 3.57. The summed E-state index contributed by atoms with van der Waals surface area (Å²) in [6.07, 6.45) is 3.39. The van der Waals surface area contributed by atoms with Crippen LogP contribution in [0.4, 0.5) is 5.69 Å². The second-order valence-corrected chi connectivity index (χ2v) is 6.84. The Morgan fingerprint density at radius 1 is 1.12 bits per heavy atom. The molecule has 0 saturated heterocycles. The number of aryl methyl sites for hydroxylation is 2. The molecule has 0 spiro atoms. The number of anilines is 1. The van der Waals surface area contributed by atoms with Crippen LogP contribution in [0, 0.1) is 13.8 Å². The number of carbonyl (C=O) groups is 1. The number of hydrogen-bond acceptors (Lipinski definition) is 5. The van der Waals surface area contributed by atoms with E-state index >= 15 is 0 Å². The number of aromatic nitrogens is 2. The zero-order chi connectivity index (χ0) is 17.1. The lowest BCUT2D eigenvalue weighted by Gasteiger charge is -2.06. The SMILES string of the molecule is Cc1oc(C)c(C(=O)Nc2ccnc(Sc3ccccn3)c2)c1Br. The van der Waals surface area contributed by atoms with E-state index in [4.69, 9.17) is 4.42 Å². The van der Waals surface area contributed by atoms with Crippen LogP contribution in [0.2, 0.25) is 0 Å². The molecular weight excluding hydrogens is 390 g/mol. The Bertz CT molecular complexity index is 881. The van der Waals surface area contributed by atoms with Gasteiger partial charge in [-0.2, -0.15) is 0 Å². The number of furan rings is 1. The average molecular weight is 404 g/mol. The summed E-state index contributed by atoms with van der Waals surface area (Å²) in [6, 6.07) is 9.25. The molecule has 3 aromatic rings. The fourth-order valence-electron chi connectivity index (χ4n) is 2.17. The predicted molar refractivity (Wildman–Crippen MR) is 96.4 cm³/mol. The van der Waals surface area contributed by atoms with Crippen molar-refractivity contribution < 1.29 is 9.21 Å². The van der Waals surface area contributed by atoms with Crippen LogP contribution in [0.5, 0.6) is 0 Å². The van der Waals surface area contributed by atoms with Crippen molar-refractivity contribution in [3.05, 3.63) is 64.3 Å². The van der Waals surface area contributed by atoms with Gasteiger partial charge in [-0.05, 0) is 54.0 Å². The van der Waals surface area contributed by atoms with E-state index in [1.54, 1.807) is 25.4 Å². The minimum absolute atomic E-state index is 0.226. The normalized spacial score (nSPS) is 10.6. The number of rotatable bonds is 4. The number of pyridine rings is 2. The van der Waals surface area contributed by atoms with E-state index in [9.17, 15) is 4.79 Å². The van der Waals surface area contributed by atoms with Crippen LogP contribution >= 0.6 is 27.7 Å². The molecule has 0 radical (unpaired) electrons. The first-order chi connectivity index (χ1) is 11.5. The molecule has 0 unspecified atom stereocenters. The van der Waals surface area contributed by atoms with E-state index < -0.39 is 0 Å². The second kappa shape index (κ2) is 7.19. The summed E-state index contributed by atoms with van der Waals surface area (Å²) in [4.78, 5) is 21.1. The molecule has 0 bridgehead atoms. The van der Waals surface area contributed by atoms with Crippen molar-refractivity contribution in [1.82, 2.24) is 9.97 Å². The molecular formula is C17H14BrN3O2S. The molecule has 0 saturated carbocycles. The van der Waals surface area contributed by atoms with Crippen molar-refractivity contribution in [3.63, 3.8) is 0 Å². The zero-order valence-corrected chi connectivity index (χ0v) is 15.4. The summed E-state index contributed by atoms with van der Waals surface area (Å²) in [5.74, 6) is 1.03. The van der Waals surface area contributed by atoms with E-state index in [2.05, 4.69) is 31.2 Å². The zero-order valence-electron chi connectivity index (χ0n) is 13.0. The minimum atomic E-state index is -0.226. The highest BCUT2D eigenvalue weighted by atomic mass is 79.9. The van der Waals surface area contributed by atoms with Gasteiger partial charge in [-0.1, -0.05) is 17.8 Å². The monoisotopic (exact) mass is 403 g/mol. The van der Waals surface area contributed by atoms with Crippen LogP contribution in [0.25, 0.3) is 0 Å². The molecule has 0 aliphatic rings. The minimum Gasteiger partial charge on any atom is -0.465 e. The topological polar surface area (TPSA) is 68.0 Å². The Morgan fingerprint density at radius 3 is 2.58 bits per heavy atom. The van der Waals surface area contributed by atoms with Crippen LogP contribution in [0.1, 0.15) is 21.9 Å². The maximum Gasteiger partial charge on any atom is 0.260 e. The van der Waals surface area contributed by atoms with Crippen LogP contribution in [-0.4, -0.2) is 15.9 Å². The van der Waals surface area contributed by atoms with Crippen LogP contribution in [-0.2, 0) is 0 Å². The Hall–Kier alpha value is -2.12. The van der Waals surface area contributed by atoms with Crippen molar-refractivity contribution >= 4 is 39.3 Å². The molecule has 5 nitrogen and oxygen atoms in total. The van der Waals surface area contributed by atoms with Gasteiger partial charge in [-0.15, -0.1) is 0 Å². The van der Waals surface area contributed by atoms with Gasteiger partial charge in [0.15, 0.2) is 0 Å². The third kappa shape index (κ3) is 3.68. The van der Waals surface area contributed by atoms with E-state index in [1.165, 1.54) is 11.8 Å². The van der Waals surface area contributed by atoms with E-state index in [-0.39, 0.29) is 5.91 Å². The van der Waals surface area contributed by atoms with Crippen LogP contribution < -0.4 is 5.32 Å². The summed E-state index contributed by atoms with van der Waals surface area (Å²) in [5, 5.41) is 4.48. The number of halogens is 1. The third-order valence-electron chi connectivity index (χ3n) is 3.25. The Morgan fingerprint density at radius 2 is 1.92 bits per heavy atom. The smallest absolute Gasteiger partial charge is 0.260 e. The van der Waals surface area contributed by atoms with Gasteiger partial charge in [-0.3, -0.25) is 4.79 Å². The first-order valence-corrected chi connectivity index (χ1v) is 8.77. The van der Waals surface area contributed by atoms with Gasteiger partial charge in [0.05, 0.1) is 10.0 Å². The number of amides is 1. The van der Waals surface area contributed by atoms with Crippen molar-refractivity contribution in [2.45, 2.75) is 23.9 Å². The fourth-order valence-corrected chi connectivity index (χ4v) is 3.48. The summed E-state index contributed by atoms with van der Waals surface area (Å²) >= 11 is 4.83. The molecule has 0 aliphatic heterocycles. The second-order valence-electron chi connectivity index (χ2n) is 5.01. The van der Waals surface area contributed by atoms with Gasteiger partial charge in [0, 0.05) is 18.1 Å². The lowest BCUT2D eigenvalue weighted by Crippen LogP contribution is -2.13. The van der Waals surface area contributed by atoms with Gasteiger partial charge in [0.1, 0.15) is 21.6 Å². The molecule has 24 heavy (non-hydrogen) atoms. The highest BCUT2D eigenvalue weighted by Crippen LogP contribution is 2.29. The number of hydrogen-bond donors (Lipinski definition) is 1. The van der Waals surface area contributed by atoms with Crippen molar-refractivity contribution in [2.75, 3.05) is 5.32 Å². The van der Waals surface area contributed by atoms with Gasteiger partial charge < -0.3 is 9.73 Å². The molecule has 0 aromatic carbocycles. The maximum atomic E-state index is 12.5. The molecule has 0 atom stereocenters. The van der Waals surface area contributed by atoms with Gasteiger partial charge >= 0.3 is 0 Å². The van der Waals surface area contributed by atoms with Crippen molar-refractivity contribution in [1.29, 1.82) is 0 Å². The number of nitrogens with one attached hydrogen (secondary N) is 1. The molecule has 3 aromatic heterocycles. The van der Waals surface area contributed by atoms with E-state index in [1.807, 2.05) is 31.2 Å². The third-order valence-corrected chi connectivity index (χ3v) is 5.09. The number of nitrogens with zero attached hydrogens (tertiary/aromatic N) is 2. The van der Waals surface area contributed by atoms with Crippen LogP contribution in [0.3, 0.4) is 0 Å². The predicted octanol–water partition coefficient (Wildman–Crippen LogP) is 4.85. The standard InChI is InChI=1S/C17H14BrN3O2S/c1-10-15(16(18)11(2)23-10)17(22)21-12-6-8-20-14(9-12)24-13-5-3-4-7-19-13/h3-9H,1-2H3,(H,20,21,22). The maximum absolute atomic E-state index is 12.5. The largest absolute Gasteiger partial charge is 0.465 e. The molecule has 0 fully saturated rings. The summed E-state index contributed by atoms with van der Waals surface area (Å²) < 4.78 is 6.15. The van der Waals surface area contributed by atoms with Gasteiger partial charge in [0.25, 0.3) is 5.91 Å². The molecule has 122 valence electrons.